The second-order valence-corrected chi connectivity index (χ2v) is 4.76. The highest BCUT2D eigenvalue weighted by atomic mass is 19.1. The van der Waals surface area contributed by atoms with Crippen molar-refractivity contribution in [3.05, 3.63) is 48.0 Å². The molecule has 0 saturated heterocycles. The number of benzene rings is 1. The first-order chi connectivity index (χ1) is 9.13. The third kappa shape index (κ3) is 2.45. The zero-order chi connectivity index (χ0) is 13.4. The molecule has 3 rings (SSSR count). The number of halogens is 1. The predicted octanol–water partition coefficient (Wildman–Crippen LogP) is 2.80. The van der Waals surface area contributed by atoms with E-state index in [2.05, 4.69) is 5.32 Å². The van der Waals surface area contributed by atoms with E-state index >= 15 is 0 Å². The van der Waals surface area contributed by atoms with Gasteiger partial charge in [0.2, 0.25) is 0 Å². The lowest BCUT2D eigenvalue weighted by Crippen LogP contribution is -2.16. The molecule has 2 aromatic rings. The molecule has 1 aliphatic rings. The normalized spacial score (nSPS) is 14.4. The molecule has 19 heavy (non-hydrogen) atoms. The second-order valence-electron chi connectivity index (χ2n) is 4.76. The Bertz CT molecular complexity index is 614. The van der Waals surface area contributed by atoms with Gasteiger partial charge in [0, 0.05) is 17.9 Å². The van der Waals surface area contributed by atoms with Crippen molar-refractivity contribution in [2.45, 2.75) is 18.9 Å². The molecule has 1 heterocycles. The van der Waals surface area contributed by atoms with Crippen LogP contribution in [0.5, 0.6) is 0 Å². The first-order valence-corrected chi connectivity index (χ1v) is 6.18. The van der Waals surface area contributed by atoms with Crippen LogP contribution in [0.25, 0.3) is 0 Å². The third-order valence-electron chi connectivity index (χ3n) is 3.14. The molecule has 1 saturated carbocycles. The van der Waals surface area contributed by atoms with Crippen LogP contribution in [0.3, 0.4) is 0 Å². The van der Waals surface area contributed by atoms with Crippen LogP contribution in [0.15, 0.2) is 36.5 Å². The lowest BCUT2D eigenvalue weighted by atomic mass is 10.3. The van der Waals surface area contributed by atoms with Crippen molar-refractivity contribution in [2.75, 3.05) is 11.1 Å². The van der Waals surface area contributed by atoms with Gasteiger partial charge in [-0.15, -0.1) is 0 Å². The van der Waals surface area contributed by atoms with Gasteiger partial charge in [-0.05, 0) is 43.2 Å². The maximum atomic E-state index is 12.8. The molecule has 5 heteroatoms. The molecular weight excluding hydrogens is 245 g/mol. The number of nitrogen functional groups attached to an aromatic ring is 1. The highest BCUT2D eigenvalue weighted by Gasteiger charge is 2.27. The Morgan fingerprint density at radius 2 is 2.00 bits per heavy atom. The number of amides is 1. The Hall–Kier alpha value is -2.30. The number of carbonyl (C=O) groups excluding carboxylic acids is 1. The van der Waals surface area contributed by atoms with Crippen molar-refractivity contribution in [3.63, 3.8) is 0 Å². The first-order valence-electron chi connectivity index (χ1n) is 6.18. The van der Waals surface area contributed by atoms with Gasteiger partial charge in [-0.1, -0.05) is 0 Å². The molecule has 0 atom stereocenters. The molecule has 0 spiro atoms. The third-order valence-corrected chi connectivity index (χ3v) is 3.14. The Labute approximate surface area is 110 Å². The summed E-state index contributed by atoms with van der Waals surface area (Å²) in [5, 5.41) is 2.74. The molecule has 0 unspecified atom stereocenters. The second kappa shape index (κ2) is 4.42. The van der Waals surface area contributed by atoms with Gasteiger partial charge in [0.05, 0.1) is 5.69 Å². The van der Waals surface area contributed by atoms with Gasteiger partial charge in [0.25, 0.3) is 5.91 Å². The van der Waals surface area contributed by atoms with Crippen LogP contribution in [0.1, 0.15) is 29.4 Å². The molecule has 1 amide bonds. The average Bonchev–Trinajstić information content (AvgIpc) is 3.15. The number of carbonyl (C=O) groups is 1. The van der Waals surface area contributed by atoms with Crippen LogP contribution in [0, 0.1) is 5.82 Å². The summed E-state index contributed by atoms with van der Waals surface area (Å²) in [5.74, 6) is -0.557. The van der Waals surface area contributed by atoms with Gasteiger partial charge in [-0.3, -0.25) is 4.79 Å². The van der Waals surface area contributed by atoms with Gasteiger partial charge in [0.15, 0.2) is 0 Å². The average molecular weight is 259 g/mol. The van der Waals surface area contributed by atoms with E-state index in [0.29, 0.717) is 23.1 Å². The molecule has 1 aliphatic carbocycles. The SMILES string of the molecule is Nc1cc(C(=O)Nc2ccc(F)cc2)n(C2CC2)c1. The number of hydrogen-bond acceptors (Lipinski definition) is 2. The lowest BCUT2D eigenvalue weighted by molar-refractivity contribution is 0.101. The summed E-state index contributed by atoms with van der Waals surface area (Å²) < 4.78 is 14.7. The minimum Gasteiger partial charge on any atom is -0.397 e. The van der Waals surface area contributed by atoms with Crippen molar-refractivity contribution < 1.29 is 9.18 Å². The van der Waals surface area contributed by atoms with E-state index in [1.807, 2.05) is 4.57 Å². The minimum atomic E-state index is -0.330. The van der Waals surface area contributed by atoms with Gasteiger partial charge in [-0.2, -0.15) is 0 Å². The lowest BCUT2D eigenvalue weighted by Gasteiger charge is -2.08. The fourth-order valence-corrected chi connectivity index (χ4v) is 2.07. The minimum absolute atomic E-state index is 0.227. The number of rotatable bonds is 3. The van der Waals surface area contributed by atoms with Gasteiger partial charge < -0.3 is 15.6 Å². The molecule has 0 radical (unpaired) electrons. The Kier molecular flexibility index (Phi) is 2.74. The first kappa shape index (κ1) is 11.8. The van der Waals surface area contributed by atoms with Crippen LogP contribution in [0.4, 0.5) is 15.8 Å². The van der Waals surface area contributed by atoms with Crippen LogP contribution >= 0.6 is 0 Å². The van der Waals surface area contributed by atoms with E-state index < -0.39 is 0 Å². The maximum Gasteiger partial charge on any atom is 0.272 e. The van der Waals surface area contributed by atoms with Gasteiger partial charge in [0.1, 0.15) is 11.5 Å². The number of anilines is 2. The molecule has 98 valence electrons. The summed E-state index contributed by atoms with van der Waals surface area (Å²) in [6.07, 6.45) is 3.94. The van der Waals surface area contributed by atoms with Crippen LogP contribution in [-0.4, -0.2) is 10.5 Å². The van der Waals surface area contributed by atoms with Crippen molar-refractivity contribution >= 4 is 17.3 Å². The van der Waals surface area contributed by atoms with Crippen LogP contribution in [-0.2, 0) is 0 Å². The Morgan fingerprint density at radius 1 is 1.32 bits per heavy atom. The predicted molar refractivity (Wildman–Crippen MR) is 71.5 cm³/mol. The van der Waals surface area contributed by atoms with E-state index in [9.17, 15) is 9.18 Å². The van der Waals surface area contributed by atoms with E-state index in [0.717, 1.165) is 12.8 Å². The molecule has 1 aromatic heterocycles. The number of nitrogens with two attached hydrogens (primary N) is 1. The summed E-state index contributed by atoms with van der Waals surface area (Å²) in [7, 11) is 0. The zero-order valence-electron chi connectivity index (χ0n) is 10.3. The van der Waals surface area contributed by atoms with Gasteiger partial charge >= 0.3 is 0 Å². The number of hydrogen-bond donors (Lipinski definition) is 2. The number of nitrogens with one attached hydrogen (secondary N) is 1. The molecule has 1 fully saturated rings. The summed E-state index contributed by atoms with van der Waals surface area (Å²) in [6, 6.07) is 7.72. The number of nitrogens with zero attached hydrogens (tertiary/aromatic N) is 1. The van der Waals surface area contributed by atoms with Crippen molar-refractivity contribution in [3.8, 4) is 0 Å². The smallest absolute Gasteiger partial charge is 0.272 e. The molecule has 4 nitrogen and oxygen atoms in total. The molecule has 0 aliphatic heterocycles. The summed E-state index contributed by atoms with van der Waals surface area (Å²) >= 11 is 0. The van der Waals surface area contributed by atoms with E-state index in [1.54, 1.807) is 12.3 Å². The largest absolute Gasteiger partial charge is 0.397 e. The summed E-state index contributed by atoms with van der Waals surface area (Å²) in [6.45, 7) is 0. The topological polar surface area (TPSA) is 60.1 Å². The monoisotopic (exact) mass is 259 g/mol. The maximum absolute atomic E-state index is 12.8. The molecule has 3 N–H and O–H groups in total. The van der Waals surface area contributed by atoms with Crippen LogP contribution in [0.2, 0.25) is 0 Å². The van der Waals surface area contributed by atoms with Gasteiger partial charge in [-0.25, -0.2) is 4.39 Å². The summed E-state index contributed by atoms with van der Waals surface area (Å²) in [5.41, 5.74) is 7.43. The molecular formula is C14H14FN3O. The highest BCUT2D eigenvalue weighted by Crippen LogP contribution is 2.37. The number of aromatic nitrogens is 1. The van der Waals surface area contributed by atoms with E-state index in [-0.39, 0.29) is 11.7 Å². The van der Waals surface area contributed by atoms with E-state index in [1.165, 1.54) is 24.3 Å². The molecule has 0 bridgehead atoms. The van der Waals surface area contributed by atoms with E-state index in [4.69, 9.17) is 5.73 Å². The van der Waals surface area contributed by atoms with Crippen molar-refractivity contribution in [2.24, 2.45) is 0 Å². The Balaban J connectivity index is 1.82. The van der Waals surface area contributed by atoms with Crippen LogP contribution < -0.4 is 11.1 Å². The summed E-state index contributed by atoms with van der Waals surface area (Å²) in [4.78, 5) is 12.2. The zero-order valence-corrected chi connectivity index (χ0v) is 10.3. The van der Waals surface area contributed by atoms with Crippen molar-refractivity contribution in [1.29, 1.82) is 0 Å². The highest BCUT2D eigenvalue weighted by molar-refractivity contribution is 6.03. The standard InChI is InChI=1S/C14H14FN3O/c15-9-1-3-11(4-2-9)17-14(19)13-7-10(16)8-18(13)12-5-6-12/h1-4,7-8,12H,5-6,16H2,(H,17,19). The fraction of sp³-hybridized carbons (Fsp3) is 0.214. The Morgan fingerprint density at radius 3 is 2.63 bits per heavy atom. The fourth-order valence-electron chi connectivity index (χ4n) is 2.07. The quantitative estimate of drug-likeness (QED) is 0.890. The van der Waals surface area contributed by atoms with Crippen molar-refractivity contribution in [1.82, 2.24) is 4.57 Å². The molecule has 1 aromatic carbocycles.